The molecule has 2 aromatic carbocycles. The number of hydrogen-bond acceptors (Lipinski definition) is 4. The van der Waals surface area contributed by atoms with Crippen molar-refractivity contribution in [2.24, 2.45) is 0 Å². The molecular formula is C16H11F3INO3S. The van der Waals surface area contributed by atoms with E-state index in [1.165, 1.54) is 37.3 Å². The van der Waals surface area contributed by atoms with E-state index in [2.05, 4.69) is 5.32 Å². The number of carbonyl (C=O) groups is 2. The zero-order valence-electron chi connectivity index (χ0n) is 12.7. The maximum absolute atomic E-state index is 12.4. The van der Waals surface area contributed by atoms with Crippen LogP contribution in [0, 0.1) is 3.57 Å². The molecule has 0 aliphatic carbocycles. The lowest BCUT2D eigenvalue weighted by atomic mass is 10.2. The molecule has 1 amide bonds. The molecule has 0 saturated carbocycles. The van der Waals surface area contributed by atoms with E-state index < -0.39 is 17.4 Å². The largest absolute Gasteiger partial charge is 0.446 e. The van der Waals surface area contributed by atoms with Crippen LogP contribution in [-0.2, 0) is 4.79 Å². The number of benzene rings is 2. The Balaban J connectivity index is 2.17. The van der Waals surface area contributed by atoms with Gasteiger partial charge in [0.2, 0.25) is 0 Å². The summed E-state index contributed by atoms with van der Waals surface area (Å²) in [6.07, 6.45) is 0. The van der Waals surface area contributed by atoms with Crippen molar-refractivity contribution in [1.29, 1.82) is 0 Å². The van der Waals surface area contributed by atoms with Crippen molar-refractivity contribution < 1.29 is 27.5 Å². The van der Waals surface area contributed by atoms with E-state index in [-0.39, 0.29) is 28.0 Å². The molecule has 2 rings (SSSR count). The number of ether oxygens (including phenoxy) is 1. The van der Waals surface area contributed by atoms with Gasteiger partial charge < -0.3 is 10.1 Å². The van der Waals surface area contributed by atoms with E-state index >= 15 is 0 Å². The summed E-state index contributed by atoms with van der Waals surface area (Å²) in [5.41, 5.74) is -3.90. The second-order valence-corrected chi connectivity index (χ2v) is 7.14. The SMILES string of the molecule is CC(=O)Oc1ccc(I)cc1C(=O)Nc1ccc(SC(F)(F)F)cc1. The van der Waals surface area contributed by atoms with Gasteiger partial charge in [0.25, 0.3) is 5.91 Å². The highest BCUT2D eigenvalue weighted by molar-refractivity contribution is 14.1. The summed E-state index contributed by atoms with van der Waals surface area (Å²) in [6.45, 7) is 1.22. The fourth-order valence-corrected chi connectivity index (χ4v) is 2.89. The number of carbonyl (C=O) groups excluding carboxylic acids is 2. The van der Waals surface area contributed by atoms with E-state index in [1.807, 2.05) is 22.6 Å². The normalized spacial score (nSPS) is 11.1. The molecule has 4 nitrogen and oxygen atoms in total. The third kappa shape index (κ3) is 6.24. The van der Waals surface area contributed by atoms with E-state index in [0.29, 0.717) is 5.69 Å². The Kier molecular flexibility index (Phi) is 6.33. The first kappa shape index (κ1) is 19.6. The van der Waals surface area contributed by atoms with Crippen molar-refractivity contribution in [3.05, 3.63) is 51.6 Å². The summed E-state index contributed by atoms with van der Waals surface area (Å²) in [5, 5.41) is 2.57. The molecule has 0 aliphatic rings. The van der Waals surface area contributed by atoms with Gasteiger partial charge in [-0.2, -0.15) is 13.2 Å². The molecule has 1 N–H and O–H groups in total. The third-order valence-corrected chi connectivity index (χ3v) is 4.20. The minimum atomic E-state index is -4.37. The van der Waals surface area contributed by atoms with Gasteiger partial charge in [-0.1, -0.05) is 0 Å². The quantitative estimate of drug-likeness (QED) is 0.287. The van der Waals surface area contributed by atoms with E-state index in [0.717, 1.165) is 3.57 Å². The van der Waals surface area contributed by atoms with Gasteiger partial charge in [-0.25, -0.2) is 0 Å². The molecule has 9 heteroatoms. The van der Waals surface area contributed by atoms with Crippen LogP contribution in [0.2, 0.25) is 0 Å². The minimum Gasteiger partial charge on any atom is -0.426 e. The second kappa shape index (κ2) is 8.09. The zero-order valence-corrected chi connectivity index (χ0v) is 15.7. The van der Waals surface area contributed by atoms with E-state index in [4.69, 9.17) is 4.74 Å². The fourth-order valence-electron chi connectivity index (χ4n) is 1.86. The highest BCUT2D eigenvalue weighted by atomic mass is 127. The molecule has 0 bridgehead atoms. The molecule has 0 spiro atoms. The molecule has 2 aromatic rings. The molecule has 0 radical (unpaired) electrons. The molecule has 0 unspecified atom stereocenters. The molecule has 0 aliphatic heterocycles. The maximum atomic E-state index is 12.4. The molecule has 0 atom stereocenters. The third-order valence-electron chi connectivity index (χ3n) is 2.79. The molecule has 132 valence electrons. The number of esters is 1. The first-order valence-corrected chi connectivity index (χ1v) is 8.69. The van der Waals surface area contributed by atoms with Crippen LogP contribution in [0.3, 0.4) is 0 Å². The number of amides is 1. The lowest BCUT2D eigenvalue weighted by molar-refractivity contribution is -0.131. The molecule has 0 saturated heterocycles. The molecule has 0 aromatic heterocycles. The monoisotopic (exact) mass is 481 g/mol. The van der Waals surface area contributed by atoms with Crippen LogP contribution in [0.15, 0.2) is 47.4 Å². The maximum Gasteiger partial charge on any atom is 0.446 e. The van der Waals surface area contributed by atoms with Gasteiger partial charge in [-0.3, -0.25) is 9.59 Å². The predicted molar refractivity (Wildman–Crippen MR) is 96.8 cm³/mol. The van der Waals surface area contributed by atoms with Gasteiger partial charge in [0.05, 0.1) is 5.56 Å². The number of thioether (sulfide) groups is 1. The number of anilines is 1. The van der Waals surface area contributed by atoms with Crippen molar-refractivity contribution in [1.82, 2.24) is 0 Å². The first-order chi connectivity index (χ1) is 11.6. The van der Waals surface area contributed by atoms with E-state index in [9.17, 15) is 22.8 Å². The first-order valence-electron chi connectivity index (χ1n) is 6.79. The van der Waals surface area contributed by atoms with Crippen molar-refractivity contribution in [2.45, 2.75) is 17.3 Å². The predicted octanol–water partition coefficient (Wildman–Crippen LogP) is 5.08. The smallest absolute Gasteiger partial charge is 0.426 e. The number of alkyl halides is 3. The lowest BCUT2D eigenvalue weighted by Gasteiger charge is -2.11. The van der Waals surface area contributed by atoms with Crippen LogP contribution >= 0.6 is 34.4 Å². The molecular weight excluding hydrogens is 470 g/mol. The van der Waals surface area contributed by atoms with E-state index in [1.54, 1.807) is 12.1 Å². The van der Waals surface area contributed by atoms with Crippen LogP contribution in [0.1, 0.15) is 17.3 Å². The average Bonchev–Trinajstić information content (AvgIpc) is 2.49. The summed E-state index contributed by atoms with van der Waals surface area (Å²) in [7, 11) is 0. The minimum absolute atomic E-state index is 0.0142. The van der Waals surface area contributed by atoms with Crippen LogP contribution in [0.5, 0.6) is 5.75 Å². The van der Waals surface area contributed by atoms with Crippen LogP contribution in [-0.4, -0.2) is 17.4 Å². The Labute approximate surface area is 159 Å². The summed E-state index contributed by atoms with van der Waals surface area (Å²) >= 11 is 1.77. The summed E-state index contributed by atoms with van der Waals surface area (Å²) in [5.74, 6) is -0.996. The molecule has 25 heavy (non-hydrogen) atoms. The standard InChI is InChI=1S/C16H11F3INO3S/c1-9(22)24-14-7-2-10(20)8-13(14)15(23)21-11-3-5-12(6-4-11)25-16(17,18)19/h2-8H,1H3,(H,21,23). The Morgan fingerprint density at radius 1 is 1.12 bits per heavy atom. The van der Waals surface area contributed by atoms with Gasteiger partial charge in [0, 0.05) is 21.1 Å². The summed E-state index contributed by atoms with van der Waals surface area (Å²) in [4.78, 5) is 23.5. The summed E-state index contributed by atoms with van der Waals surface area (Å²) < 4.78 is 42.7. The number of halogens is 4. The number of rotatable bonds is 4. The highest BCUT2D eigenvalue weighted by Gasteiger charge is 2.29. The second-order valence-electron chi connectivity index (χ2n) is 4.76. The summed E-state index contributed by atoms with van der Waals surface area (Å²) in [6, 6.07) is 9.98. The van der Waals surface area contributed by atoms with Gasteiger partial charge >= 0.3 is 11.5 Å². The lowest BCUT2D eigenvalue weighted by Crippen LogP contribution is -2.15. The zero-order chi connectivity index (χ0) is 18.6. The Morgan fingerprint density at radius 2 is 1.76 bits per heavy atom. The Hall–Kier alpha value is -1.75. The van der Waals surface area contributed by atoms with Gasteiger partial charge in [0.15, 0.2) is 0 Å². The van der Waals surface area contributed by atoms with Crippen molar-refractivity contribution in [3.63, 3.8) is 0 Å². The fraction of sp³-hybridized carbons (Fsp3) is 0.125. The Bertz CT molecular complexity index is 794. The average molecular weight is 481 g/mol. The topological polar surface area (TPSA) is 55.4 Å². The van der Waals surface area contributed by atoms with Gasteiger partial charge in [-0.05, 0) is 76.8 Å². The van der Waals surface area contributed by atoms with Gasteiger partial charge in [-0.15, -0.1) is 0 Å². The van der Waals surface area contributed by atoms with Crippen LogP contribution in [0.25, 0.3) is 0 Å². The molecule has 0 heterocycles. The van der Waals surface area contributed by atoms with Crippen LogP contribution in [0.4, 0.5) is 18.9 Å². The van der Waals surface area contributed by atoms with Crippen LogP contribution < -0.4 is 10.1 Å². The van der Waals surface area contributed by atoms with Gasteiger partial charge in [0.1, 0.15) is 5.75 Å². The number of nitrogens with one attached hydrogen (secondary N) is 1. The van der Waals surface area contributed by atoms with Crippen molar-refractivity contribution in [2.75, 3.05) is 5.32 Å². The highest BCUT2D eigenvalue weighted by Crippen LogP contribution is 2.37. The molecule has 0 fully saturated rings. The number of hydrogen-bond donors (Lipinski definition) is 1. The van der Waals surface area contributed by atoms with Crippen molar-refractivity contribution in [3.8, 4) is 5.75 Å². The van der Waals surface area contributed by atoms with Crippen molar-refractivity contribution >= 4 is 51.9 Å². The Morgan fingerprint density at radius 3 is 2.32 bits per heavy atom.